The molecule has 28 heavy (non-hydrogen) atoms. The highest BCUT2D eigenvalue weighted by atomic mass is 16.5. The van der Waals surface area contributed by atoms with E-state index in [-0.39, 0.29) is 5.91 Å². The first-order chi connectivity index (χ1) is 13.6. The molecular formula is C22H22N4O2. The molecule has 4 rings (SSSR count). The Hall–Kier alpha value is -3.41. The highest BCUT2D eigenvalue weighted by Gasteiger charge is 2.10. The van der Waals surface area contributed by atoms with Crippen molar-refractivity contribution >= 4 is 16.8 Å². The number of aromatic amines is 1. The number of benzene rings is 2. The van der Waals surface area contributed by atoms with Gasteiger partial charge >= 0.3 is 0 Å². The second-order valence-corrected chi connectivity index (χ2v) is 6.95. The lowest BCUT2D eigenvalue weighted by Gasteiger charge is -2.09. The molecule has 0 aliphatic carbocycles. The molecule has 0 saturated carbocycles. The zero-order valence-corrected chi connectivity index (χ0v) is 16.0. The number of amides is 1. The van der Waals surface area contributed by atoms with Gasteiger partial charge in [-0.25, -0.2) is 0 Å². The van der Waals surface area contributed by atoms with Gasteiger partial charge in [-0.05, 0) is 55.0 Å². The van der Waals surface area contributed by atoms with Crippen molar-refractivity contribution in [3.63, 3.8) is 0 Å². The fourth-order valence-corrected chi connectivity index (χ4v) is 3.38. The second-order valence-electron chi connectivity index (χ2n) is 6.95. The van der Waals surface area contributed by atoms with E-state index in [2.05, 4.69) is 64.0 Å². The summed E-state index contributed by atoms with van der Waals surface area (Å²) in [5, 5.41) is 14.9. The highest BCUT2D eigenvalue weighted by Crippen LogP contribution is 2.29. The van der Waals surface area contributed by atoms with Gasteiger partial charge in [-0.3, -0.25) is 9.89 Å². The Bertz CT molecular complexity index is 1110. The second kappa shape index (κ2) is 7.68. The van der Waals surface area contributed by atoms with Crippen LogP contribution in [0.3, 0.4) is 0 Å². The summed E-state index contributed by atoms with van der Waals surface area (Å²) in [7, 11) is 0. The first kappa shape index (κ1) is 18.0. The topological polar surface area (TPSA) is 83.8 Å². The lowest BCUT2D eigenvalue weighted by Crippen LogP contribution is -2.25. The first-order valence-corrected chi connectivity index (χ1v) is 9.35. The molecule has 0 atom stereocenters. The van der Waals surface area contributed by atoms with Gasteiger partial charge in [-0.15, -0.1) is 0 Å². The molecular weight excluding hydrogens is 352 g/mol. The van der Waals surface area contributed by atoms with Crippen LogP contribution < -0.4 is 5.32 Å². The van der Waals surface area contributed by atoms with E-state index in [1.54, 1.807) is 13.0 Å². The lowest BCUT2D eigenvalue weighted by molar-refractivity contribution is 0.0944. The minimum Gasteiger partial charge on any atom is -0.361 e. The Morgan fingerprint density at radius 2 is 1.96 bits per heavy atom. The third-order valence-electron chi connectivity index (χ3n) is 4.95. The third kappa shape index (κ3) is 3.67. The maximum atomic E-state index is 11.9. The van der Waals surface area contributed by atoms with Crippen LogP contribution in [0.25, 0.3) is 22.0 Å². The number of aromatic nitrogens is 3. The Morgan fingerprint density at radius 3 is 2.71 bits per heavy atom. The summed E-state index contributed by atoms with van der Waals surface area (Å²) in [5.41, 5.74) is 6.27. The van der Waals surface area contributed by atoms with E-state index in [4.69, 9.17) is 4.52 Å². The van der Waals surface area contributed by atoms with Crippen molar-refractivity contribution in [2.45, 2.75) is 26.7 Å². The predicted molar refractivity (Wildman–Crippen MR) is 108 cm³/mol. The Morgan fingerprint density at radius 1 is 1.14 bits per heavy atom. The zero-order chi connectivity index (χ0) is 19.5. The molecule has 2 aromatic carbocycles. The quantitative estimate of drug-likeness (QED) is 0.496. The normalized spacial score (nSPS) is 11.1. The monoisotopic (exact) mass is 374 g/mol. The molecule has 2 heterocycles. The molecule has 0 aliphatic heterocycles. The minimum absolute atomic E-state index is 0.197. The average molecular weight is 374 g/mol. The van der Waals surface area contributed by atoms with Gasteiger partial charge in [0.1, 0.15) is 5.76 Å². The van der Waals surface area contributed by atoms with Crippen LogP contribution in [0, 0.1) is 13.8 Å². The molecule has 0 fully saturated rings. The van der Waals surface area contributed by atoms with Crippen LogP contribution >= 0.6 is 0 Å². The molecule has 142 valence electrons. The molecule has 6 heteroatoms. The van der Waals surface area contributed by atoms with Gasteiger partial charge in [-0.2, -0.15) is 5.10 Å². The van der Waals surface area contributed by atoms with E-state index >= 15 is 0 Å². The van der Waals surface area contributed by atoms with E-state index in [1.165, 1.54) is 22.3 Å². The number of carbonyl (C=O) groups is 1. The maximum Gasteiger partial charge on any atom is 0.273 e. The molecule has 2 aromatic heterocycles. The van der Waals surface area contributed by atoms with Crippen LogP contribution in [-0.4, -0.2) is 27.8 Å². The van der Waals surface area contributed by atoms with Gasteiger partial charge < -0.3 is 9.84 Å². The molecule has 0 aliphatic rings. The van der Waals surface area contributed by atoms with Gasteiger partial charge in [0, 0.05) is 18.0 Å². The number of H-pyrrole nitrogens is 1. The van der Waals surface area contributed by atoms with Crippen molar-refractivity contribution in [1.29, 1.82) is 0 Å². The highest BCUT2D eigenvalue weighted by molar-refractivity contribution is 5.92. The smallest absolute Gasteiger partial charge is 0.273 e. The molecule has 0 saturated heterocycles. The van der Waals surface area contributed by atoms with Gasteiger partial charge in [0.15, 0.2) is 5.69 Å². The molecule has 0 unspecified atom stereocenters. The molecule has 0 spiro atoms. The SMILES string of the molecule is Cc1cc(C(=O)NCCCc2ccc(-c3ccc4[nH]ncc4c3C)cc2)no1. The molecule has 2 N–H and O–H groups in total. The van der Waals surface area contributed by atoms with Crippen molar-refractivity contribution in [2.75, 3.05) is 6.54 Å². The number of hydrogen-bond acceptors (Lipinski definition) is 4. The van der Waals surface area contributed by atoms with Crippen molar-refractivity contribution in [3.05, 3.63) is 71.2 Å². The van der Waals surface area contributed by atoms with Crippen molar-refractivity contribution in [3.8, 4) is 11.1 Å². The number of nitrogens with zero attached hydrogens (tertiary/aromatic N) is 2. The van der Waals surface area contributed by atoms with Gasteiger partial charge in [0.25, 0.3) is 5.91 Å². The standard InChI is InChI=1S/C22H22N4O2/c1-14-12-21(26-28-14)22(27)23-11-3-4-16-5-7-17(8-6-16)18-9-10-20-19(15(18)2)13-24-25-20/h5-10,12-13H,3-4,11H2,1-2H3,(H,23,27)(H,24,25). The molecule has 0 bridgehead atoms. The minimum atomic E-state index is -0.197. The number of hydrogen-bond donors (Lipinski definition) is 2. The molecule has 1 amide bonds. The van der Waals surface area contributed by atoms with E-state index in [0.29, 0.717) is 18.0 Å². The van der Waals surface area contributed by atoms with Gasteiger partial charge in [-0.1, -0.05) is 35.5 Å². The summed E-state index contributed by atoms with van der Waals surface area (Å²) in [5.74, 6) is 0.435. The number of nitrogens with one attached hydrogen (secondary N) is 2. The van der Waals surface area contributed by atoms with Crippen molar-refractivity contribution < 1.29 is 9.32 Å². The van der Waals surface area contributed by atoms with Crippen LogP contribution in [0.1, 0.15) is 33.8 Å². The van der Waals surface area contributed by atoms with Gasteiger partial charge in [0.2, 0.25) is 0 Å². The van der Waals surface area contributed by atoms with Crippen LogP contribution in [0.2, 0.25) is 0 Å². The molecule has 4 aromatic rings. The fraction of sp³-hybridized carbons (Fsp3) is 0.227. The summed E-state index contributed by atoms with van der Waals surface area (Å²) in [6.07, 6.45) is 3.64. The maximum absolute atomic E-state index is 11.9. The first-order valence-electron chi connectivity index (χ1n) is 9.35. The van der Waals surface area contributed by atoms with E-state index in [0.717, 1.165) is 23.7 Å². The lowest BCUT2D eigenvalue weighted by atomic mass is 9.96. The van der Waals surface area contributed by atoms with Gasteiger partial charge in [0.05, 0.1) is 11.7 Å². The number of fused-ring (bicyclic) bond motifs is 1. The van der Waals surface area contributed by atoms with E-state index in [1.807, 2.05) is 6.20 Å². The zero-order valence-electron chi connectivity index (χ0n) is 16.0. The van der Waals surface area contributed by atoms with Crippen LogP contribution in [0.4, 0.5) is 0 Å². The number of aryl methyl sites for hydroxylation is 3. The summed E-state index contributed by atoms with van der Waals surface area (Å²) in [6, 6.07) is 14.4. The number of rotatable bonds is 6. The van der Waals surface area contributed by atoms with E-state index < -0.39 is 0 Å². The largest absolute Gasteiger partial charge is 0.361 e. The van der Waals surface area contributed by atoms with Crippen LogP contribution in [0.5, 0.6) is 0 Å². The Kier molecular flexibility index (Phi) is 4.93. The van der Waals surface area contributed by atoms with E-state index in [9.17, 15) is 4.79 Å². The third-order valence-corrected chi connectivity index (χ3v) is 4.95. The molecule has 6 nitrogen and oxygen atoms in total. The summed E-state index contributed by atoms with van der Waals surface area (Å²) >= 11 is 0. The predicted octanol–water partition coefficient (Wildman–Crippen LogP) is 4.20. The van der Waals surface area contributed by atoms with Crippen LogP contribution in [-0.2, 0) is 6.42 Å². The summed E-state index contributed by atoms with van der Waals surface area (Å²) in [4.78, 5) is 11.9. The van der Waals surface area contributed by atoms with Crippen LogP contribution in [0.15, 0.2) is 53.2 Å². The Balaban J connectivity index is 1.34. The van der Waals surface area contributed by atoms with Crippen molar-refractivity contribution in [2.24, 2.45) is 0 Å². The summed E-state index contributed by atoms with van der Waals surface area (Å²) in [6.45, 7) is 4.49. The summed E-state index contributed by atoms with van der Waals surface area (Å²) < 4.78 is 4.92. The van der Waals surface area contributed by atoms with Crippen molar-refractivity contribution in [1.82, 2.24) is 20.7 Å². The molecule has 0 radical (unpaired) electrons. The fourth-order valence-electron chi connectivity index (χ4n) is 3.38. The Labute approximate surface area is 162 Å². The average Bonchev–Trinajstić information content (AvgIpc) is 3.35. The number of carbonyl (C=O) groups excluding carboxylic acids is 1.